The third kappa shape index (κ3) is 9.11. The fraction of sp³-hybridized carbons (Fsp3) is 0.688. The van der Waals surface area contributed by atoms with Gasteiger partial charge in [0.25, 0.3) is 0 Å². The molecule has 0 aliphatic rings. The van der Waals surface area contributed by atoms with Crippen LogP contribution in [0.15, 0.2) is 0 Å². The van der Waals surface area contributed by atoms with Crippen molar-refractivity contribution in [3.05, 3.63) is 0 Å². The maximum atomic E-state index is 12.4. The van der Waals surface area contributed by atoms with Gasteiger partial charge < -0.3 is 27.8 Å². The zero-order valence-electron chi connectivity index (χ0n) is 15.1. The number of nitrogens with two attached hydrogens (primary N) is 3. The average Bonchev–Trinajstić information content (AvgIpc) is 2.59. The summed E-state index contributed by atoms with van der Waals surface area (Å²) in [6.07, 6.45) is 2.14. The first-order chi connectivity index (χ1) is 12.1. The number of carbonyl (C=O) groups excluding carboxylic acids is 5. The van der Waals surface area contributed by atoms with Gasteiger partial charge in [-0.1, -0.05) is 20.3 Å². The van der Waals surface area contributed by atoms with Gasteiger partial charge in [-0.15, -0.1) is 0 Å². The monoisotopic (exact) mass is 370 g/mol. The van der Waals surface area contributed by atoms with Crippen LogP contribution in [0.3, 0.4) is 0 Å². The first-order valence-electron chi connectivity index (χ1n) is 8.42. The summed E-state index contributed by atoms with van der Waals surface area (Å²) in [7, 11) is 0. The molecule has 0 aromatic carbocycles. The predicted octanol–water partition coefficient (Wildman–Crippen LogP) is -2.03. The molecule has 10 nitrogen and oxygen atoms in total. The number of carbonyl (C=O) groups is 4. The Morgan fingerprint density at radius 1 is 0.962 bits per heavy atom. The van der Waals surface area contributed by atoms with Gasteiger partial charge in [0.15, 0.2) is 0 Å². The van der Waals surface area contributed by atoms with E-state index >= 15 is 0 Å². The molecule has 0 aliphatic heterocycles. The Balaban J connectivity index is 4.92. The van der Waals surface area contributed by atoms with E-state index in [1.807, 2.05) is 6.92 Å². The van der Waals surface area contributed by atoms with Crippen molar-refractivity contribution < 1.29 is 24.0 Å². The lowest BCUT2D eigenvalue weighted by molar-refractivity contribution is -0.131. The van der Waals surface area contributed by atoms with E-state index in [1.165, 1.54) is 0 Å². The molecule has 0 aromatic heterocycles. The molecule has 0 rings (SSSR count). The van der Waals surface area contributed by atoms with Gasteiger partial charge >= 0.3 is 0 Å². The molecule has 0 aliphatic carbocycles. The van der Waals surface area contributed by atoms with Crippen LogP contribution >= 0.6 is 0 Å². The summed E-state index contributed by atoms with van der Waals surface area (Å²) >= 11 is 0. The van der Waals surface area contributed by atoms with Crippen LogP contribution in [0.2, 0.25) is 0 Å². The van der Waals surface area contributed by atoms with Crippen molar-refractivity contribution in [2.24, 2.45) is 23.1 Å². The van der Waals surface area contributed by atoms with Crippen molar-refractivity contribution in [3.63, 3.8) is 0 Å². The molecule has 0 spiro atoms. The average molecular weight is 370 g/mol. The molecule has 0 saturated carbocycles. The van der Waals surface area contributed by atoms with E-state index < -0.39 is 41.8 Å². The molecule has 26 heavy (non-hydrogen) atoms. The van der Waals surface area contributed by atoms with E-state index in [9.17, 15) is 24.0 Å². The molecule has 147 valence electrons. The molecule has 0 bridgehead atoms. The van der Waals surface area contributed by atoms with Gasteiger partial charge in [-0.2, -0.15) is 0 Å². The van der Waals surface area contributed by atoms with Crippen molar-refractivity contribution >= 4 is 29.9 Å². The minimum Gasteiger partial charge on any atom is -0.370 e. The minimum absolute atomic E-state index is 0.0177. The summed E-state index contributed by atoms with van der Waals surface area (Å²) in [6.45, 7) is 3.59. The molecule has 4 amide bonds. The Morgan fingerprint density at radius 3 is 1.96 bits per heavy atom. The van der Waals surface area contributed by atoms with Gasteiger partial charge in [0.2, 0.25) is 29.9 Å². The normalized spacial score (nSPS) is 15.2. The van der Waals surface area contributed by atoms with E-state index in [-0.39, 0.29) is 31.6 Å². The van der Waals surface area contributed by atoms with Gasteiger partial charge in [-0.25, -0.2) is 0 Å². The van der Waals surface area contributed by atoms with Crippen LogP contribution in [0, 0.1) is 5.92 Å². The number of rotatable bonds is 13. The zero-order chi connectivity index (χ0) is 20.3. The number of nitrogens with one attached hydrogen (secondary N) is 2. The smallest absolute Gasteiger partial charge is 0.243 e. The second kappa shape index (κ2) is 12.0. The SMILES string of the molecule is CC[C@H](C)[C@H](NC(=O)[C@@H](N)CCC(N)=O)C(=O)N[C@H]([C]=O)CCC(N)=O. The summed E-state index contributed by atoms with van der Waals surface area (Å²) < 4.78 is 0. The number of primary amides is 2. The van der Waals surface area contributed by atoms with Crippen LogP contribution in [-0.4, -0.2) is 48.0 Å². The van der Waals surface area contributed by atoms with Crippen LogP contribution < -0.4 is 27.8 Å². The Hall–Kier alpha value is -2.49. The molecule has 4 atom stereocenters. The van der Waals surface area contributed by atoms with Gasteiger partial charge in [0, 0.05) is 12.8 Å². The summed E-state index contributed by atoms with van der Waals surface area (Å²) in [4.78, 5) is 57.1. The lowest BCUT2D eigenvalue weighted by Crippen LogP contribution is -2.56. The van der Waals surface area contributed by atoms with Crippen LogP contribution in [0.1, 0.15) is 46.0 Å². The maximum absolute atomic E-state index is 12.4. The number of amides is 4. The van der Waals surface area contributed by atoms with Crippen molar-refractivity contribution in [2.75, 3.05) is 0 Å². The van der Waals surface area contributed by atoms with Crippen molar-refractivity contribution in [2.45, 2.75) is 64.1 Å². The van der Waals surface area contributed by atoms with E-state index in [1.54, 1.807) is 13.2 Å². The minimum atomic E-state index is -1.01. The highest BCUT2D eigenvalue weighted by Gasteiger charge is 2.29. The Kier molecular flexibility index (Phi) is 10.8. The van der Waals surface area contributed by atoms with E-state index in [2.05, 4.69) is 10.6 Å². The summed E-state index contributed by atoms with van der Waals surface area (Å²) in [6, 6.07) is -2.94. The Labute approximate surface area is 152 Å². The molecule has 0 unspecified atom stereocenters. The van der Waals surface area contributed by atoms with E-state index in [4.69, 9.17) is 17.2 Å². The highest BCUT2D eigenvalue weighted by molar-refractivity contribution is 5.91. The Bertz CT molecular complexity index is 525. The fourth-order valence-electron chi connectivity index (χ4n) is 2.10. The van der Waals surface area contributed by atoms with Crippen LogP contribution in [-0.2, 0) is 24.0 Å². The summed E-state index contributed by atoms with van der Waals surface area (Å²) in [5, 5.41) is 4.97. The first-order valence-corrected chi connectivity index (χ1v) is 8.42. The molecule has 0 fully saturated rings. The van der Waals surface area contributed by atoms with Gasteiger partial charge in [0.05, 0.1) is 12.1 Å². The second-order valence-corrected chi connectivity index (χ2v) is 6.17. The summed E-state index contributed by atoms with van der Waals surface area (Å²) in [5.41, 5.74) is 15.7. The van der Waals surface area contributed by atoms with Gasteiger partial charge in [0.1, 0.15) is 6.04 Å². The third-order valence-corrected chi connectivity index (χ3v) is 3.97. The molecular weight excluding hydrogens is 342 g/mol. The van der Waals surface area contributed by atoms with Crippen LogP contribution in [0.4, 0.5) is 0 Å². The van der Waals surface area contributed by atoms with Gasteiger partial charge in [-0.05, 0) is 18.8 Å². The van der Waals surface area contributed by atoms with Crippen LogP contribution in [0.5, 0.6) is 0 Å². The molecule has 0 heterocycles. The second-order valence-electron chi connectivity index (χ2n) is 6.17. The number of hydrogen-bond acceptors (Lipinski definition) is 6. The predicted molar refractivity (Wildman–Crippen MR) is 93.8 cm³/mol. The molecule has 10 heteroatoms. The molecule has 8 N–H and O–H groups in total. The third-order valence-electron chi connectivity index (χ3n) is 3.97. The lowest BCUT2D eigenvalue weighted by atomic mass is 9.97. The van der Waals surface area contributed by atoms with Crippen molar-refractivity contribution in [1.29, 1.82) is 0 Å². The Morgan fingerprint density at radius 2 is 1.50 bits per heavy atom. The molecule has 0 saturated heterocycles. The molecular formula is C16H28N5O5. The van der Waals surface area contributed by atoms with Gasteiger partial charge in [-0.3, -0.25) is 24.0 Å². The fourth-order valence-corrected chi connectivity index (χ4v) is 2.10. The standard InChI is InChI=1S/C16H28N5O5/c1-3-9(2)14(21-15(25)11(17)5-7-13(19)24)16(26)20-10(8-22)4-6-12(18)23/h9-11,14H,3-7,17H2,1-2H3,(H2,18,23)(H2,19,24)(H,20,26)(H,21,25)/t9-,10-,11-,14-/m0/s1. The van der Waals surface area contributed by atoms with Crippen molar-refractivity contribution in [3.8, 4) is 0 Å². The van der Waals surface area contributed by atoms with Crippen molar-refractivity contribution in [1.82, 2.24) is 10.6 Å². The molecule has 0 aromatic rings. The highest BCUT2D eigenvalue weighted by Crippen LogP contribution is 2.09. The van der Waals surface area contributed by atoms with E-state index in [0.29, 0.717) is 6.42 Å². The topological polar surface area (TPSA) is 187 Å². The lowest BCUT2D eigenvalue weighted by Gasteiger charge is -2.26. The highest BCUT2D eigenvalue weighted by atomic mass is 16.2. The van der Waals surface area contributed by atoms with E-state index in [0.717, 1.165) is 0 Å². The summed E-state index contributed by atoms with van der Waals surface area (Å²) in [5.74, 6) is -2.62. The number of hydrogen-bond donors (Lipinski definition) is 5. The first kappa shape index (κ1) is 23.5. The largest absolute Gasteiger partial charge is 0.370 e. The van der Waals surface area contributed by atoms with Crippen LogP contribution in [0.25, 0.3) is 0 Å². The zero-order valence-corrected chi connectivity index (χ0v) is 15.1. The maximum Gasteiger partial charge on any atom is 0.243 e. The molecule has 1 radical (unpaired) electrons. The quantitative estimate of drug-likeness (QED) is 0.248.